The number of rotatable bonds is 7. The van der Waals surface area contributed by atoms with Crippen LogP contribution in [0.3, 0.4) is 0 Å². The van der Waals surface area contributed by atoms with Crippen LogP contribution in [-0.4, -0.2) is 42.1 Å². The van der Waals surface area contributed by atoms with Crippen LogP contribution in [0.1, 0.15) is 71.0 Å². The van der Waals surface area contributed by atoms with Gasteiger partial charge in [0, 0.05) is 18.6 Å². The molecule has 3 N–H and O–H groups in total. The third-order valence-electron chi connectivity index (χ3n) is 8.34. The van der Waals surface area contributed by atoms with Crippen molar-refractivity contribution in [1.82, 2.24) is 9.97 Å². The molecule has 0 amide bonds. The molecular weight excluding hydrogens is 459 g/mol. The van der Waals surface area contributed by atoms with E-state index in [2.05, 4.69) is 86.5 Å². The fraction of sp³-hybridized carbons (Fsp3) is 0.630. The third kappa shape index (κ3) is 5.25. The van der Waals surface area contributed by atoms with Gasteiger partial charge in [0.25, 0.3) is 0 Å². The Kier molecular flexibility index (Phi) is 7.03. The Balaban J connectivity index is 1.47. The zero-order valence-electron chi connectivity index (χ0n) is 22.2. The van der Waals surface area contributed by atoms with Crippen LogP contribution < -0.4 is 10.6 Å². The van der Waals surface area contributed by atoms with Crippen LogP contribution in [0.2, 0.25) is 18.1 Å². The zero-order chi connectivity index (χ0) is 25.6. The molecule has 192 valence electrons. The second-order valence-electron chi connectivity index (χ2n) is 12.4. The molecule has 35 heavy (non-hydrogen) atoms. The molecule has 4 atom stereocenters. The SMILES string of the molecule is CC1(C)C[C@H](Nc2ncnc(N[C@@H]3C[C@@H](CO)[C@@H](O[Si](C)(C)C(C)(C)C)C3)c2F)c2ccccc21. The molecule has 1 aromatic carbocycles. The van der Waals surface area contributed by atoms with Crippen LogP contribution in [0.5, 0.6) is 0 Å². The predicted octanol–water partition coefficient (Wildman–Crippen LogP) is 6.02. The molecule has 0 unspecified atom stereocenters. The van der Waals surface area contributed by atoms with Crippen LogP contribution in [0.4, 0.5) is 16.0 Å². The summed E-state index contributed by atoms with van der Waals surface area (Å²) in [5, 5.41) is 16.7. The standard InChI is InChI=1S/C27H41FN4O2Si/c1-26(2,3)35(6,7)34-22-13-18(12-17(22)15-33)31-24-23(28)25(30-16-29-24)32-21-14-27(4,5)20-11-9-8-10-19(20)21/h8-11,16-18,21-22,33H,12-15H2,1-7H3,(H2,29,30,31,32)/t17-,18+,21-,22-/m0/s1. The second kappa shape index (κ2) is 9.45. The molecule has 2 aliphatic carbocycles. The number of anilines is 2. The molecule has 0 bridgehead atoms. The Labute approximate surface area is 210 Å². The maximum Gasteiger partial charge on any atom is 0.207 e. The van der Waals surface area contributed by atoms with Gasteiger partial charge in [0.15, 0.2) is 20.0 Å². The molecule has 2 aromatic rings. The molecule has 1 aromatic heterocycles. The topological polar surface area (TPSA) is 79.3 Å². The van der Waals surface area contributed by atoms with Gasteiger partial charge in [0.2, 0.25) is 5.82 Å². The van der Waals surface area contributed by atoms with Crippen molar-refractivity contribution >= 4 is 20.0 Å². The Morgan fingerprint density at radius 2 is 1.77 bits per heavy atom. The van der Waals surface area contributed by atoms with E-state index in [9.17, 15) is 5.11 Å². The van der Waals surface area contributed by atoms with Crippen molar-refractivity contribution in [1.29, 1.82) is 0 Å². The third-order valence-corrected chi connectivity index (χ3v) is 12.8. The number of nitrogens with one attached hydrogen (secondary N) is 2. The monoisotopic (exact) mass is 500 g/mol. The van der Waals surface area contributed by atoms with Gasteiger partial charge in [0.05, 0.1) is 12.1 Å². The molecule has 1 fully saturated rings. The van der Waals surface area contributed by atoms with E-state index in [0.717, 1.165) is 6.42 Å². The number of nitrogens with zero attached hydrogens (tertiary/aromatic N) is 2. The summed E-state index contributed by atoms with van der Waals surface area (Å²) in [4.78, 5) is 8.43. The molecule has 6 nitrogen and oxygen atoms in total. The highest BCUT2D eigenvalue weighted by molar-refractivity contribution is 6.74. The predicted molar refractivity (Wildman–Crippen MR) is 142 cm³/mol. The van der Waals surface area contributed by atoms with Crippen molar-refractivity contribution < 1.29 is 13.9 Å². The first kappa shape index (κ1) is 26.0. The van der Waals surface area contributed by atoms with Crippen molar-refractivity contribution in [3.63, 3.8) is 0 Å². The number of aliphatic hydroxyl groups is 1. The van der Waals surface area contributed by atoms with Gasteiger partial charge in [-0.1, -0.05) is 58.9 Å². The highest BCUT2D eigenvalue weighted by atomic mass is 28.4. The lowest BCUT2D eigenvalue weighted by Crippen LogP contribution is -2.45. The number of aliphatic hydroxyl groups excluding tert-OH is 1. The Morgan fingerprint density at radius 3 is 2.43 bits per heavy atom. The second-order valence-corrected chi connectivity index (χ2v) is 17.2. The number of hydrogen-bond donors (Lipinski definition) is 3. The van der Waals surface area contributed by atoms with Crippen molar-refractivity contribution in [3.8, 4) is 0 Å². The molecular formula is C27H41FN4O2Si. The lowest BCUT2D eigenvalue weighted by Gasteiger charge is -2.39. The van der Waals surface area contributed by atoms with E-state index in [0.29, 0.717) is 12.8 Å². The van der Waals surface area contributed by atoms with E-state index >= 15 is 4.39 Å². The first-order valence-electron chi connectivity index (χ1n) is 12.7. The number of aromatic nitrogens is 2. The normalized spacial score (nSPS) is 26.0. The molecule has 0 saturated heterocycles. The van der Waals surface area contributed by atoms with Crippen molar-refractivity contribution in [2.75, 3.05) is 17.2 Å². The lowest BCUT2D eigenvalue weighted by molar-refractivity contribution is 0.0980. The van der Waals surface area contributed by atoms with Gasteiger partial charge in [-0.15, -0.1) is 0 Å². The van der Waals surface area contributed by atoms with Crippen LogP contribution in [-0.2, 0) is 9.84 Å². The van der Waals surface area contributed by atoms with Gasteiger partial charge in [-0.25, -0.2) is 9.97 Å². The van der Waals surface area contributed by atoms with E-state index < -0.39 is 14.1 Å². The highest BCUT2D eigenvalue weighted by Crippen LogP contribution is 2.46. The van der Waals surface area contributed by atoms with Crippen molar-refractivity contribution in [3.05, 3.63) is 47.5 Å². The molecule has 8 heteroatoms. The van der Waals surface area contributed by atoms with Crippen molar-refractivity contribution in [2.45, 2.75) is 95.6 Å². The van der Waals surface area contributed by atoms with Gasteiger partial charge in [-0.3, -0.25) is 0 Å². The Bertz CT molecular complexity index is 1060. The summed E-state index contributed by atoms with van der Waals surface area (Å²) < 4.78 is 22.2. The largest absolute Gasteiger partial charge is 0.413 e. The summed E-state index contributed by atoms with van der Waals surface area (Å²) in [5.41, 5.74) is 2.50. The number of hydrogen-bond acceptors (Lipinski definition) is 6. The molecule has 4 rings (SSSR count). The molecule has 0 aliphatic heterocycles. The zero-order valence-corrected chi connectivity index (χ0v) is 23.2. The van der Waals surface area contributed by atoms with Crippen LogP contribution in [0, 0.1) is 11.7 Å². The van der Waals surface area contributed by atoms with E-state index in [4.69, 9.17) is 4.43 Å². The molecule has 0 radical (unpaired) electrons. The highest BCUT2D eigenvalue weighted by Gasteiger charge is 2.44. The van der Waals surface area contributed by atoms with E-state index in [1.807, 2.05) is 6.07 Å². The summed E-state index contributed by atoms with van der Waals surface area (Å²) in [5.74, 6) is -0.0289. The number of benzene rings is 1. The van der Waals surface area contributed by atoms with Gasteiger partial charge in [-0.2, -0.15) is 4.39 Å². The van der Waals surface area contributed by atoms with E-state index in [1.54, 1.807) is 0 Å². The van der Waals surface area contributed by atoms with Gasteiger partial charge in [0.1, 0.15) is 6.33 Å². The summed E-state index contributed by atoms with van der Waals surface area (Å²) in [6.07, 6.45) is 3.66. The molecule has 1 heterocycles. The summed E-state index contributed by atoms with van der Waals surface area (Å²) >= 11 is 0. The minimum Gasteiger partial charge on any atom is -0.413 e. The minimum atomic E-state index is -1.98. The summed E-state index contributed by atoms with van der Waals surface area (Å²) in [7, 11) is -1.98. The summed E-state index contributed by atoms with van der Waals surface area (Å²) in [6.45, 7) is 15.6. The molecule has 0 spiro atoms. The minimum absolute atomic E-state index is 0.00827. The fourth-order valence-corrected chi connectivity index (χ4v) is 6.70. The van der Waals surface area contributed by atoms with Crippen LogP contribution in [0.25, 0.3) is 0 Å². The van der Waals surface area contributed by atoms with Gasteiger partial charge >= 0.3 is 0 Å². The van der Waals surface area contributed by atoms with Gasteiger partial charge < -0.3 is 20.2 Å². The summed E-state index contributed by atoms with van der Waals surface area (Å²) in [6, 6.07) is 8.31. The number of fused-ring (bicyclic) bond motifs is 1. The number of halogens is 1. The average molecular weight is 501 g/mol. The Hall–Kier alpha value is -2.03. The smallest absolute Gasteiger partial charge is 0.207 e. The average Bonchev–Trinajstić information content (AvgIpc) is 3.27. The van der Waals surface area contributed by atoms with E-state index in [1.165, 1.54) is 17.5 Å². The molecule has 1 saturated carbocycles. The first-order chi connectivity index (χ1) is 16.3. The lowest BCUT2D eigenvalue weighted by atomic mass is 9.86. The van der Waals surface area contributed by atoms with Crippen LogP contribution >= 0.6 is 0 Å². The first-order valence-corrected chi connectivity index (χ1v) is 15.6. The Morgan fingerprint density at radius 1 is 1.11 bits per heavy atom. The molecule has 2 aliphatic rings. The quantitative estimate of drug-likeness (QED) is 0.403. The van der Waals surface area contributed by atoms with E-state index in [-0.39, 0.29) is 52.8 Å². The van der Waals surface area contributed by atoms with Gasteiger partial charge in [-0.05, 0) is 53.9 Å². The fourth-order valence-electron chi connectivity index (χ4n) is 5.30. The van der Waals surface area contributed by atoms with Crippen molar-refractivity contribution in [2.24, 2.45) is 5.92 Å². The maximum atomic E-state index is 15.5. The maximum absolute atomic E-state index is 15.5. The van der Waals surface area contributed by atoms with Crippen LogP contribution in [0.15, 0.2) is 30.6 Å².